The van der Waals surface area contributed by atoms with Crippen LogP contribution >= 0.6 is 11.8 Å². The normalized spacial score (nSPS) is 20.9. The second-order valence-electron chi connectivity index (χ2n) is 3.89. The van der Waals surface area contributed by atoms with Gasteiger partial charge >= 0.3 is 0 Å². The third-order valence-corrected chi connectivity index (χ3v) is 3.70. The van der Waals surface area contributed by atoms with Crippen LogP contribution < -0.4 is 5.32 Å². The number of hydrogen-bond acceptors (Lipinski definition) is 4. The van der Waals surface area contributed by atoms with Crippen LogP contribution in [0.15, 0.2) is 12.4 Å². The van der Waals surface area contributed by atoms with Crippen molar-refractivity contribution in [2.45, 2.75) is 25.9 Å². The number of nitrogens with zero attached hydrogens (tertiary/aromatic N) is 2. The number of nitrogens with one attached hydrogen (secondary N) is 1. The Labute approximate surface area is 99.8 Å². The number of rotatable bonds is 4. The largest absolute Gasteiger partial charge is 0.328 e. The minimum absolute atomic E-state index is 0.0586. The number of carbonyl (C=O) groups excluding carboxylic acids is 1. The summed E-state index contributed by atoms with van der Waals surface area (Å²) in [5.74, 6) is 2.68. The third kappa shape index (κ3) is 2.47. The number of imidazole rings is 1. The molecule has 0 aromatic carbocycles. The lowest BCUT2D eigenvalue weighted by molar-refractivity contribution is 0.0938. The van der Waals surface area contributed by atoms with Crippen LogP contribution in [0.3, 0.4) is 0 Å². The predicted octanol–water partition coefficient (Wildman–Crippen LogP) is 1.18. The number of ketones is 1. The van der Waals surface area contributed by atoms with Crippen LogP contribution in [0.1, 0.15) is 24.0 Å². The molecule has 1 aromatic heterocycles. The van der Waals surface area contributed by atoms with Gasteiger partial charge in [0.1, 0.15) is 0 Å². The van der Waals surface area contributed by atoms with E-state index >= 15 is 0 Å². The van der Waals surface area contributed by atoms with E-state index in [1.165, 1.54) is 0 Å². The fraction of sp³-hybridized carbons (Fsp3) is 0.636. The average Bonchev–Trinajstić information content (AvgIpc) is 2.78. The highest BCUT2D eigenvalue weighted by Gasteiger charge is 2.25. The van der Waals surface area contributed by atoms with Gasteiger partial charge in [-0.05, 0) is 6.42 Å². The first-order valence-corrected chi connectivity index (χ1v) is 6.85. The summed E-state index contributed by atoms with van der Waals surface area (Å²) in [5, 5.41) is 3.25. The maximum absolute atomic E-state index is 12.2. The lowest BCUT2D eigenvalue weighted by Crippen LogP contribution is -2.44. The molecule has 0 amide bonds. The Kier molecular flexibility index (Phi) is 4.01. The summed E-state index contributed by atoms with van der Waals surface area (Å²) in [5.41, 5.74) is 0. The zero-order valence-corrected chi connectivity index (χ0v) is 10.3. The van der Waals surface area contributed by atoms with Gasteiger partial charge < -0.3 is 9.88 Å². The van der Waals surface area contributed by atoms with E-state index in [-0.39, 0.29) is 11.8 Å². The van der Waals surface area contributed by atoms with Crippen molar-refractivity contribution in [2.24, 2.45) is 0 Å². The molecule has 4 nitrogen and oxygen atoms in total. The Morgan fingerprint density at radius 3 is 3.31 bits per heavy atom. The summed E-state index contributed by atoms with van der Waals surface area (Å²) in [6, 6.07) is -0.0586. The summed E-state index contributed by atoms with van der Waals surface area (Å²) < 4.78 is 1.95. The van der Waals surface area contributed by atoms with Gasteiger partial charge in [0.25, 0.3) is 0 Å². The minimum atomic E-state index is -0.0586. The minimum Gasteiger partial charge on any atom is -0.328 e. The van der Waals surface area contributed by atoms with Crippen LogP contribution in [-0.2, 0) is 6.54 Å². The number of carbonyl (C=O) groups is 1. The molecular weight excluding hydrogens is 222 g/mol. The molecular formula is C11H17N3OS. The van der Waals surface area contributed by atoms with Crippen molar-refractivity contribution in [3.05, 3.63) is 18.2 Å². The molecule has 1 aromatic rings. The zero-order valence-electron chi connectivity index (χ0n) is 9.48. The first kappa shape index (κ1) is 11.7. The van der Waals surface area contributed by atoms with Gasteiger partial charge in [0.2, 0.25) is 5.78 Å². The van der Waals surface area contributed by atoms with Gasteiger partial charge in [-0.15, -0.1) is 0 Å². The average molecular weight is 239 g/mol. The van der Waals surface area contributed by atoms with Crippen molar-refractivity contribution < 1.29 is 4.79 Å². The molecule has 1 aliphatic heterocycles. The number of thioether (sulfide) groups is 1. The molecule has 1 saturated heterocycles. The second-order valence-corrected chi connectivity index (χ2v) is 5.04. The van der Waals surface area contributed by atoms with E-state index in [2.05, 4.69) is 17.2 Å². The van der Waals surface area contributed by atoms with Crippen molar-refractivity contribution in [3.8, 4) is 0 Å². The molecule has 5 heteroatoms. The van der Waals surface area contributed by atoms with Gasteiger partial charge in [-0.3, -0.25) is 4.79 Å². The number of aromatic nitrogens is 2. The summed E-state index contributed by atoms with van der Waals surface area (Å²) >= 11 is 1.83. The molecule has 1 fully saturated rings. The Hall–Kier alpha value is -0.810. The molecule has 0 spiro atoms. The maximum Gasteiger partial charge on any atom is 0.215 e. The van der Waals surface area contributed by atoms with Crippen LogP contribution in [0.25, 0.3) is 0 Å². The summed E-state index contributed by atoms with van der Waals surface area (Å²) in [6.07, 6.45) is 4.61. The third-order valence-electron chi connectivity index (χ3n) is 2.64. The fourth-order valence-corrected chi connectivity index (χ4v) is 2.78. The van der Waals surface area contributed by atoms with E-state index in [9.17, 15) is 4.79 Å². The van der Waals surface area contributed by atoms with E-state index in [0.717, 1.165) is 31.0 Å². The molecule has 1 atom stereocenters. The van der Waals surface area contributed by atoms with E-state index in [1.807, 2.05) is 22.5 Å². The van der Waals surface area contributed by atoms with Crippen LogP contribution in [-0.4, -0.2) is 39.4 Å². The highest BCUT2D eigenvalue weighted by Crippen LogP contribution is 2.12. The molecule has 1 N–H and O–H groups in total. The topological polar surface area (TPSA) is 46.9 Å². The van der Waals surface area contributed by atoms with Gasteiger partial charge in [0, 0.05) is 37.0 Å². The molecule has 0 bridgehead atoms. The van der Waals surface area contributed by atoms with Crippen molar-refractivity contribution in [1.82, 2.24) is 14.9 Å². The summed E-state index contributed by atoms with van der Waals surface area (Å²) in [7, 11) is 0. The molecule has 0 radical (unpaired) electrons. The van der Waals surface area contributed by atoms with Crippen molar-refractivity contribution >= 4 is 17.5 Å². The first-order chi connectivity index (χ1) is 7.83. The number of aryl methyl sites for hydroxylation is 1. The monoisotopic (exact) mass is 239 g/mol. The van der Waals surface area contributed by atoms with E-state index in [0.29, 0.717) is 5.82 Å². The molecule has 0 aliphatic carbocycles. The highest BCUT2D eigenvalue weighted by molar-refractivity contribution is 7.99. The number of Topliss-reactive ketones (excluding diaryl/α,β-unsaturated/α-hetero) is 1. The fourth-order valence-electron chi connectivity index (χ4n) is 1.85. The van der Waals surface area contributed by atoms with Crippen molar-refractivity contribution in [1.29, 1.82) is 0 Å². The summed E-state index contributed by atoms with van der Waals surface area (Å²) in [6.45, 7) is 3.87. The smallest absolute Gasteiger partial charge is 0.215 e. The van der Waals surface area contributed by atoms with Gasteiger partial charge in [-0.25, -0.2) is 4.98 Å². The Morgan fingerprint density at radius 1 is 1.75 bits per heavy atom. The second kappa shape index (κ2) is 5.50. The lowest BCUT2D eigenvalue weighted by atomic mass is 10.2. The lowest BCUT2D eigenvalue weighted by Gasteiger charge is -2.21. The Morgan fingerprint density at radius 2 is 2.62 bits per heavy atom. The van der Waals surface area contributed by atoms with Crippen LogP contribution in [0, 0.1) is 0 Å². The highest BCUT2D eigenvalue weighted by atomic mass is 32.2. The summed E-state index contributed by atoms with van der Waals surface area (Å²) in [4.78, 5) is 16.4. The van der Waals surface area contributed by atoms with Gasteiger partial charge in [0.05, 0.1) is 6.04 Å². The van der Waals surface area contributed by atoms with Crippen LogP contribution in [0.2, 0.25) is 0 Å². The van der Waals surface area contributed by atoms with Gasteiger partial charge in [-0.1, -0.05) is 6.92 Å². The Bertz CT molecular complexity index is 358. The van der Waals surface area contributed by atoms with E-state index < -0.39 is 0 Å². The quantitative estimate of drug-likeness (QED) is 0.802. The molecule has 1 unspecified atom stereocenters. The SMILES string of the molecule is CCCn1ccnc1C(=O)C1CSCCN1. The molecule has 0 saturated carbocycles. The molecule has 2 rings (SSSR count). The van der Waals surface area contributed by atoms with Crippen molar-refractivity contribution in [3.63, 3.8) is 0 Å². The van der Waals surface area contributed by atoms with Crippen LogP contribution in [0.4, 0.5) is 0 Å². The first-order valence-electron chi connectivity index (χ1n) is 5.69. The van der Waals surface area contributed by atoms with E-state index in [4.69, 9.17) is 0 Å². The van der Waals surface area contributed by atoms with E-state index in [1.54, 1.807) is 6.20 Å². The number of hydrogen-bond donors (Lipinski definition) is 1. The molecule has 88 valence electrons. The van der Waals surface area contributed by atoms with Crippen LogP contribution in [0.5, 0.6) is 0 Å². The predicted molar refractivity (Wildman–Crippen MR) is 66.0 cm³/mol. The molecule has 16 heavy (non-hydrogen) atoms. The maximum atomic E-state index is 12.2. The van der Waals surface area contributed by atoms with Gasteiger partial charge in [0.15, 0.2) is 5.82 Å². The Balaban J connectivity index is 2.09. The zero-order chi connectivity index (χ0) is 11.4. The standard InChI is InChI=1S/C11H17N3OS/c1-2-5-14-6-3-13-11(14)10(15)9-8-16-7-4-12-9/h3,6,9,12H,2,4-5,7-8H2,1H3. The molecule has 1 aliphatic rings. The molecule has 2 heterocycles. The van der Waals surface area contributed by atoms with Gasteiger partial charge in [-0.2, -0.15) is 11.8 Å². The van der Waals surface area contributed by atoms with Crippen molar-refractivity contribution in [2.75, 3.05) is 18.1 Å².